The second kappa shape index (κ2) is 7.28. The van der Waals surface area contributed by atoms with E-state index in [4.69, 9.17) is 11.6 Å². The predicted molar refractivity (Wildman–Crippen MR) is 88.5 cm³/mol. The quantitative estimate of drug-likeness (QED) is 0.463. The molecule has 118 valence electrons. The Morgan fingerprint density at radius 1 is 1.59 bits per heavy atom. The van der Waals surface area contributed by atoms with Gasteiger partial charge in [-0.1, -0.05) is 34.1 Å². The molecule has 2 aromatic rings. The summed E-state index contributed by atoms with van der Waals surface area (Å²) in [5, 5.41) is 12.6. The molecule has 6 nitrogen and oxygen atoms in total. The lowest BCUT2D eigenvalue weighted by Crippen LogP contribution is -2.27. The van der Waals surface area contributed by atoms with Crippen LogP contribution < -0.4 is 9.63 Å². The molecule has 0 aliphatic carbocycles. The Bertz CT molecular complexity index is 678. The van der Waals surface area contributed by atoms with Crippen molar-refractivity contribution in [3.05, 3.63) is 34.9 Å². The average molecular weight is 360 g/mol. The van der Waals surface area contributed by atoms with Gasteiger partial charge in [0.25, 0.3) is 0 Å². The minimum absolute atomic E-state index is 0.176. The highest BCUT2D eigenvalue weighted by Crippen LogP contribution is 2.36. The number of carbonyl (C=O) groups is 1. The third-order valence-electron chi connectivity index (χ3n) is 2.87. The summed E-state index contributed by atoms with van der Waals surface area (Å²) in [6, 6.07) is 3.36. The summed E-state index contributed by atoms with van der Waals surface area (Å²) >= 11 is 6.30. The number of halogens is 1. The highest BCUT2D eigenvalue weighted by Gasteiger charge is 2.20. The predicted octanol–water partition coefficient (Wildman–Crippen LogP) is 1.83. The molecule has 0 aromatic carbocycles. The molecule has 2 rings (SSSR count). The van der Waals surface area contributed by atoms with E-state index in [9.17, 15) is 14.6 Å². The number of nitrogens with zero attached hydrogens (tertiary/aromatic N) is 3. The molecule has 0 aliphatic rings. The van der Waals surface area contributed by atoms with Crippen LogP contribution in [-0.2, 0) is 16.0 Å². The molecule has 1 unspecified atom stereocenters. The van der Waals surface area contributed by atoms with Gasteiger partial charge in [-0.2, -0.15) is 4.73 Å². The zero-order valence-corrected chi connectivity index (χ0v) is 14.4. The molecule has 9 heteroatoms. The van der Waals surface area contributed by atoms with Crippen LogP contribution in [-0.4, -0.2) is 34.5 Å². The fourth-order valence-corrected chi connectivity index (χ4v) is 3.48. The molecule has 0 bridgehead atoms. The minimum atomic E-state index is -1.02. The fourth-order valence-electron chi connectivity index (χ4n) is 1.72. The second-order valence-corrected chi connectivity index (χ2v) is 7.44. The Balaban J connectivity index is 2.20. The van der Waals surface area contributed by atoms with Crippen molar-refractivity contribution < 1.29 is 14.1 Å². The van der Waals surface area contributed by atoms with Gasteiger partial charge in [-0.15, -0.1) is 0 Å². The monoisotopic (exact) mass is 359 g/mol. The lowest BCUT2D eigenvalue weighted by molar-refractivity contribution is -0.604. The lowest BCUT2D eigenvalue weighted by atomic mass is 10.3. The molecule has 0 fully saturated rings. The number of anilines is 1. The number of pyridine rings is 1. The van der Waals surface area contributed by atoms with Gasteiger partial charge >= 0.3 is 0 Å². The first-order valence-electron chi connectivity index (χ1n) is 6.30. The summed E-state index contributed by atoms with van der Waals surface area (Å²) in [7, 11) is 1.60. The van der Waals surface area contributed by atoms with Crippen molar-refractivity contribution in [3.8, 4) is 10.6 Å². The van der Waals surface area contributed by atoms with Gasteiger partial charge in [-0.3, -0.25) is 4.79 Å². The Kier molecular flexibility index (Phi) is 5.63. The van der Waals surface area contributed by atoms with E-state index in [-0.39, 0.29) is 17.5 Å². The van der Waals surface area contributed by atoms with Crippen LogP contribution in [0.3, 0.4) is 0 Å². The van der Waals surface area contributed by atoms with E-state index in [1.807, 2.05) is 0 Å². The molecule has 1 atom stereocenters. The molecule has 0 aliphatic heterocycles. The van der Waals surface area contributed by atoms with Crippen LogP contribution in [0.5, 0.6) is 0 Å². The Labute approximate surface area is 140 Å². The summed E-state index contributed by atoms with van der Waals surface area (Å²) in [6.07, 6.45) is 4.49. The smallest absolute Gasteiger partial charge is 0.232 e. The second-order valence-electron chi connectivity index (χ2n) is 4.55. The van der Waals surface area contributed by atoms with Crippen molar-refractivity contribution in [3.63, 3.8) is 0 Å². The van der Waals surface area contributed by atoms with Crippen molar-refractivity contribution in [1.29, 1.82) is 0 Å². The first-order chi connectivity index (χ1) is 10.4. The molecule has 2 aromatic heterocycles. The van der Waals surface area contributed by atoms with Crippen LogP contribution in [0.4, 0.5) is 5.00 Å². The van der Waals surface area contributed by atoms with Crippen LogP contribution >= 0.6 is 22.9 Å². The third kappa shape index (κ3) is 4.10. The van der Waals surface area contributed by atoms with Gasteiger partial charge in [0.1, 0.15) is 15.8 Å². The van der Waals surface area contributed by atoms with Gasteiger partial charge in [0, 0.05) is 13.1 Å². The highest BCUT2D eigenvalue weighted by molar-refractivity contribution is 7.90. The van der Waals surface area contributed by atoms with Gasteiger partial charge in [-0.25, -0.2) is 4.98 Å². The van der Waals surface area contributed by atoms with Crippen LogP contribution in [0.1, 0.15) is 6.42 Å². The summed E-state index contributed by atoms with van der Waals surface area (Å²) in [5.41, 5.74) is 0.631. The average Bonchev–Trinajstić information content (AvgIpc) is 2.86. The molecule has 22 heavy (non-hydrogen) atoms. The number of aromatic nitrogens is 2. The van der Waals surface area contributed by atoms with Crippen molar-refractivity contribution in [2.24, 2.45) is 0 Å². The van der Waals surface area contributed by atoms with Gasteiger partial charge in [-0.05, 0) is 6.07 Å². The van der Waals surface area contributed by atoms with E-state index in [0.717, 1.165) is 0 Å². The van der Waals surface area contributed by atoms with Crippen LogP contribution in [0.15, 0.2) is 24.5 Å². The fraction of sp³-hybridized carbons (Fsp3) is 0.308. The zero-order chi connectivity index (χ0) is 16.3. The SMILES string of the molecule is CN(C(=O)CC[S+](C)[O-])c1sc(-c2ccc[n+]([O-])c2)nc1Cl. The molecule has 0 radical (unpaired) electrons. The molecule has 0 saturated heterocycles. The Hall–Kier alpha value is -1.35. The van der Waals surface area contributed by atoms with E-state index in [0.29, 0.717) is 26.1 Å². The number of hydrogen-bond acceptors (Lipinski definition) is 5. The van der Waals surface area contributed by atoms with Gasteiger partial charge < -0.3 is 14.7 Å². The molecule has 2 heterocycles. The molecule has 1 amide bonds. The van der Waals surface area contributed by atoms with E-state index < -0.39 is 11.2 Å². The summed E-state index contributed by atoms with van der Waals surface area (Å²) in [4.78, 5) is 17.7. The molecule has 0 saturated carbocycles. The van der Waals surface area contributed by atoms with Crippen molar-refractivity contribution >= 4 is 45.0 Å². The number of rotatable bonds is 5. The van der Waals surface area contributed by atoms with Crippen molar-refractivity contribution in [2.45, 2.75) is 6.42 Å². The topological polar surface area (TPSA) is 83.2 Å². The molecular formula is C13H14ClN3O3S2. The van der Waals surface area contributed by atoms with Crippen LogP contribution in [0.2, 0.25) is 5.15 Å². The van der Waals surface area contributed by atoms with Crippen molar-refractivity contribution in [1.82, 2.24) is 4.98 Å². The van der Waals surface area contributed by atoms with Crippen LogP contribution in [0, 0.1) is 5.21 Å². The standard InChI is InChI=1S/C13H14ClN3O3S2/c1-16(10(18)5-7-22(2)20)13-11(14)15-12(21-13)9-4-3-6-17(19)8-9/h3-4,6,8H,5,7H2,1-2H3. The third-order valence-corrected chi connectivity index (χ3v) is 5.21. The van der Waals surface area contributed by atoms with E-state index in [1.165, 1.54) is 28.6 Å². The summed E-state index contributed by atoms with van der Waals surface area (Å²) < 4.78 is 11.7. The first-order valence-corrected chi connectivity index (χ1v) is 9.22. The zero-order valence-electron chi connectivity index (χ0n) is 12.0. The highest BCUT2D eigenvalue weighted by atomic mass is 35.5. The molecular weight excluding hydrogens is 346 g/mol. The number of hydrogen-bond donors (Lipinski definition) is 0. The van der Waals surface area contributed by atoms with Gasteiger partial charge in [0.2, 0.25) is 5.91 Å². The van der Waals surface area contributed by atoms with E-state index in [2.05, 4.69) is 4.98 Å². The lowest BCUT2D eigenvalue weighted by Gasteiger charge is -2.15. The van der Waals surface area contributed by atoms with Crippen LogP contribution in [0.25, 0.3) is 10.6 Å². The van der Waals surface area contributed by atoms with E-state index in [1.54, 1.807) is 25.4 Å². The summed E-state index contributed by atoms with van der Waals surface area (Å²) in [6.45, 7) is 0. The largest absolute Gasteiger partial charge is 0.619 e. The maximum Gasteiger partial charge on any atom is 0.232 e. The minimum Gasteiger partial charge on any atom is -0.619 e. The Morgan fingerprint density at radius 3 is 2.95 bits per heavy atom. The van der Waals surface area contributed by atoms with Gasteiger partial charge in [0.05, 0.1) is 18.2 Å². The Morgan fingerprint density at radius 2 is 2.32 bits per heavy atom. The molecule has 0 N–H and O–H groups in total. The normalized spacial score (nSPS) is 12.2. The first kappa shape index (κ1) is 17.0. The van der Waals surface area contributed by atoms with Gasteiger partial charge in [0.15, 0.2) is 17.5 Å². The number of thiazole rings is 1. The summed E-state index contributed by atoms with van der Waals surface area (Å²) in [5.74, 6) is 0.126. The van der Waals surface area contributed by atoms with Crippen molar-refractivity contribution in [2.75, 3.05) is 24.0 Å². The number of amides is 1. The number of carbonyl (C=O) groups excluding carboxylic acids is 1. The maximum absolute atomic E-state index is 12.1. The van der Waals surface area contributed by atoms with E-state index >= 15 is 0 Å². The molecule has 0 spiro atoms. The maximum atomic E-state index is 12.1.